The molecular weight excluding hydrogens is 215 g/mol. The largest absolute Gasteiger partial charge is 0.479 e. The molecule has 0 atom stereocenters. The molecule has 0 unspecified atom stereocenters. The number of carboxylic acid groups (broad SMARTS) is 1. The minimum absolute atomic E-state index is 0.0701. The van der Waals surface area contributed by atoms with Crippen molar-refractivity contribution in [2.24, 2.45) is 0 Å². The van der Waals surface area contributed by atoms with Crippen molar-refractivity contribution in [1.29, 1.82) is 0 Å². The van der Waals surface area contributed by atoms with Crippen molar-refractivity contribution in [1.82, 2.24) is 4.90 Å². The molecule has 1 fully saturated rings. The van der Waals surface area contributed by atoms with Gasteiger partial charge in [-0.05, 0) is 19.3 Å². The second-order valence-electron chi connectivity index (χ2n) is 3.55. The Bertz CT molecular complexity index is 296. The fourth-order valence-electron chi connectivity index (χ4n) is 1.59. The fourth-order valence-corrected chi connectivity index (χ4v) is 1.59. The Balaban J connectivity index is 2.88. The summed E-state index contributed by atoms with van der Waals surface area (Å²) in [6.45, 7) is 0. The minimum atomic E-state index is -5.02. The first kappa shape index (κ1) is 11.8. The third-order valence-corrected chi connectivity index (χ3v) is 2.77. The number of amides is 1. The minimum Gasteiger partial charge on any atom is -0.479 e. The van der Waals surface area contributed by atoms with E-state index in [-0.39, 0.29) is 12.8 Å². The van der Waals surface area contributed by atoms with E-state index in [0.717, 1.165) is 7.05 Å². The van der Waals surface area contributed by atoms with Gasteiger partial charge >= 0.3 is 18.1 Å². The Morgan fingerprint density at radius 3 is 2.00 bits per heavy atom. The molecule has 0 bridgehead atoms. The normalized spacial score (nSPS) is 19.2. The van der Waals surface area contributed by atoms with E-state index < -0.39 is 23.6 Å². The van der Waals surface area contributed by atoms with Gasteiger partial charge in [-0.3, -0.25) is 4.79 Å². The van der Waals surface area contributed by atoms with Crippen LogP contribution >= 0.6 is 0 Å². The SMILES string of the molecule is CN(C(=O)C(F)(F)F)C1(C(=O)O)CCC1. The van der Waals surface area contributed by atoms with Gasteiger partial charge in [0.15, 0.2) is 0 Å². The maximum Gasteiger partial charge on any atom is 0.471 e. The van der Waals surface area contributed by atoms with E-state index in [1.165, 1.54) is 0 Å². The molecule has 1 saturated carbocycles. The molecular formula is C8H10F3NO3. The van der Waals surface area contributed by atoms with E-state index in [4.69, 9.17) is 5.11 Å². The highest BCUT2D eigenvalue weighted by molar-refractivity contribution is 5.90. The lowest BCUT2D eigenvalue weighted by Gasteiger charge is -2.44. The number of hydrogen-bond acceptors (Lipinski definition) is 2. The molecule has 1 aliphatic carbocycles. The lowest BCUT2D eigenvalue weighted by Crippen LogP contribution is -2.62. The molecule has 1 amide bonds. The van der Waals surface area contributed by atoms with Crippen molar-refractivity contribution in [3.8, 4) is 0 Å². The number of carbonyl (C=O) groups excluding carboxylic acids is 1. The molecule has 0 aromatic rings. The summed E-state index contributed by atoms with van der Waals surface area (Å²) in [7, 11) is 0.878. The van der Waals surface area contributed by atoms with Gasteiger partial charge in [0.25, 0.3) is 0 Å². The molecule has 1 N–H and O–H groups in total. The summed E-state index contributed by atoms with van der Waals surface area (Å²) in [4.78, 5) is 22.0. The molecule has 0 radical (unpaired) electrons. The van der Waals surface area contributed by atoms with Gasteiger partial charge in [0.05, 0.1) is 0 Å². The van der Waals surface area contributed by atoms with E-state index in [2.05, 4.69) is 0 Å². The molecule has 0 aromatic heterocycles. The zero-order valence-corrected chi connectivity index (χ0v) is 7.97. The van der Waals surface area contributed by atoms with Crippen LogP contribution in [0.1, 0.15) is 19.3 Å². The van der Waals surface area contributed by atoms with Crippen LogP contribution in [0.5, 0.6) is 0 Å². The molecule has 0 aliphatic heterocycles. The Morgan fingerprint density at radius 1 is 1.33 bits per heavy atom. The van der Waals surface area contributed by atoms with Gasteiger partial charge in [-0.25, -0.2) is 4.79 Å². The number of halogens is 3. The Morgan fingerprint density at radius 2 is 1.80 bits per heavy atom. The first-order chi connectivity index (χ1) is 6.72. The van der Waals surface area contributed by atoms with Crippen LogP contribution in [0.25, 0.3) is 0 Å². The molecule has 1 rings (SSSR count). The van der Waals surface area contributed by atoms with Crippen LogP contribution in [0.4, 0.5) is 13.2 Å². The Kier molecular flexibility index (Phi) is 2.67. The fraction of sp³-hybridized carbons (Fsp3) is 0.750. The number of nitrogens with zero attached hydrogens (tertiary/aromatic N) is 1. The topological polar surface area (TPSA) is 57.6 Å². The molecule has 4 nitrogen and oxygen atoms in total. The lowest BCUT2D eigenvalue weighted by atomic mass is 9.75. The van der Waals surface area contributed by atoms with Crippen molar-refractivity contribution >= 4 is 11.9 Å². The zero-order valence-electron chi connectivity index (χ0n) is 7.97. The van der Waals surface area contributed by atoms with E-state index in [9.17, 15) is 22.8 Å². The molecule has 1 aliphatic rings. The second-order valence-corrected chi connectivity index (χ2v) is 3.55. The summed E-state index contributed by atoms with van der Waals surface area (Å²) < 4.78 is 36.2. The average molecular weight is 225 g/mol. The number of aliphatic carboxylic acids is 1. The molecule has 15 heavy (non-hydrogen) atoms. The van der Waals surface area contributed by atoms with Gasteiger partial charge in [-0.15, -0.1) is 0 Å². The molecule has 86 valence electrons. The summed E-state index contributed by atoms with van der Waals surface area (Å²) in [6, 6.07) is 0. The van der Waals surface area contributed by atoms with E-state index in [1.807, 2.05) is 0 Å². The predicted molar refractivity (Wildman–Crippen MR) is 43.0 cm³/mol. The number of hydrogen-bond donors (Lipinski definition) is 1. The molecule has 0 spiro atoms. The first-order valence-corrected chi connectivity index (χ1v) is 4.30. The van der Waals surface area contributed by atoms with E-state index in [1.54, 1.807) is 0 Å². The number of carboxylic acids is 1. The number of likely N-dealkylation sites (N-methyl/N-ethyl adjacent to an activating group) is 1. The smallest absolute Gasteiger partial charge is 0.471 e. The van der Waals surface area contributed by atoms with Crippen LogP contribution < -0.4 is 0 Å². The van der Waals surface area contributed by atoms with Crippen LogP contribution in [0.15, 0.2) is 0 Å². The summed E-state index contributed by atoms with van der Waals surface area (Å²) in [6.07, 6.45) is -4.37. The zero-order chi connectivity index (χ0) is 11.9. The molecule has 0 aromatic carbocycles. The highest BCUT2D eigenvalue weighted by Crippen LogP contribution is 2.38. The maximum absolute atomic E-state index is 12.1. The van der Waals surface area contributed by atoms with Crippen LogP contribution in [-0.2, 0) is 9.59 Å². The average Bonchev–Trinajstić information content (AvgIpc) is 1.97. The third-order valence-electron chi connectivity index (χ3n) is 2.77. The van der Waals surface area contributed by atoms with Gasteiger partial charge in [0.2, 0.25) is 0 Å². The highest BCUT2D eigenvalue weighted by Gasteiger charge is 2.55. The predicted octanol–water partition coefficient (Wildman–Crippen LogP) is 1.01. The van der Waals surface area contributed by atoms with E-state index >= 15 is 0 Å². The lowest BCUT2D eigenvalue weighted by molar-refractivity contribution is -0.196. The monoisotopic (exact) mass is 225 g/mol. The quantitative estimate of drug-likeness (QED) is 0.763. The summed E-state index contributed by atoms with van der Waals surface area (Å²) in [5, 5.41) is 8.81. The summed E-state index contributed by atoms with van der Waals surface area (Å²) >= 11 is 0. The van der Waals surface area contributed by atoms with Crippen LogP contribution in [0.2, 0.25) is 0 Å². The van der Waals surface area contributed by atoms with Gasteiger partial charge in [0, 0.05) is 7.05 Å². The molecule has 0 heterocycles. The van der Waals surface area contributed by atoms with Crippen molar-refractivity contribution in [3.05, 3.63) is 0 Å². The maximum atomic E-state index is 12.1. The van der Waals surface area contributed by atoms with Gasteiger partial charge in [0.1, 0.15) is 5.54 Å². The Hall–Kier alpha value is -1.27. The molecule has 7 heteroatoms. The highest BCUT2D eigenvalue weighted by atomic mass is 19.4. The van der Waals surface area contributed by atoms with E-state index in [0.29, 0.717) is 11.3 Å². The van der Waals surface area contributed by atoms with Crippen molar-refractivity contribution in [2.45, 2.75) is 31.0 Å². The van der Waals surface area contributed by atoms with Gasteiger partial charge in [-0.1, -0.05) is 0 Å². The standard InChI is InChI=1S/C8H10F3NO3/c1-12(5(13)8(9,10)11)7(6(14)15)3-2-4-7/h2-4H2,1H3,(H,14,15). The van der Waals surface area contributed by atoms with Crippen molar-refractivity contribution < 1.29 is 27.9 Å². The molecule has 0 saturated heterocycles. The van der Waals surface area contributed by atoms with Crippen LogP contribution in [-0.4, -0.2) is 40.6 Å². The van der Waals surface area contributed by atoms with Crippen molar-refractivity contribution in [3.63, 3.8) is 0 Å². The van der Waals surface area contributed by atoms with Crippen molar-refractivity contribution in [2.75, 3.05) is 7.05 Å². The third kappa shape index (κ3) is 1.78. The second kappa shape index (κ2) is 3.39. The summed E-state index contributed by atoms with van der Waals surface area (Å²) in [5.41, 5.74) is -1.66. The number of rotatable bonds is 2. The summed E-state index contributed by atoms with van der Waals surface area (Å²) in [5.74, 6) is -3.49. The number of carbonyl (C=O) groups is 2. The first-order valence-electron chi connectivity index (χ1n) is 4.30. The number of alkyl halides is 3. The van der Waals surface area contributed by atoms with Gasteiger partial charge in [-0.2, -0.15) is 13.2 Å². The Labute approximate surface area is 83.7 Å². The van der Waals surface area contributed by atoms with Gasteiger partial charge < -0.3 is 10.0 Å². The van der Waals surface area contributed by atoms with Crippen LogP contribution in [0.3, 0.4) is 0 Å². The van der Waals surface area contributed by atoms with Crippen LogP contribution in [0, 0.1) is 0 Å².